The van der Waals surface area contributed by atoms with Crippen LogP contribution < -0.4 is 20.6 Å². The molecule has 15 nitrogen and oxygen atoms in total. The number of nitrogens with one attached hydrogen (secondary N) is 3. The van der Waals surface area contributed by atoms with E-state index in [4.69, 9.17) is 34.3 Å². The number of hydrogen-bond donors (Lipinski definition) is 4. The first-order valence-electron chi connectivity index (χ1n) is 19.3. The fourth-order valence-electron chi connectivity index (χ4n) is 6.81. The molecule has 4 bridgehead atoms. The third-order valence-corrected chi connectivity index (χ3v) is 10.8. The summed E-state index contributed by atoms with van der Waals surface area (Å²) in [6.07, 6.45) is 0.687. The number of alkyl carbamates (subject to hydrolysis) is 2. The van der Waals surface area contributed by atoms with Crippen molar-refractivity contribution >= 4 is 30.1 Å². The van der Waals surface area contributed by atoms with Gasteiger partial charge in [-0.1, -0.05) is 60.7 Å². The van der Waals surface area contributed by atoms with Crippen molar-refractivity contribution < 1.29 is 71.6 Å². The number of rotatable bonds is 11. The van der Waals surface area contributed by atoms with Crippen molar-refractivity contribution in [3.05, 3.63) is 71.8 Å². The predicted octanol–water partition coefficient (Wildman–Crippen LogP) is 1.79. The fourth-order valence-corrected chi connectivity index (χ4v) is 6.81. The van der Waals surface area contributed by atoms with E-state index in [-0.39, 0.29) is 18.6 Å². The van der Waals surface area contributed by atoms with Gasteiger partial charge in [0.05, 0.1) is 26.2 Å². The molecule has 2 aromatic carbocycles. The molecule has 58 heavy (non-hydrogen) atoms. The molecule has 322 valence electrons. The molecule has 2 aromatic rings. The minimum absolute atomic E-state index is 0.124. The first kappa shape index (κ1) is 47.4. The first-order chi connectivity index (χ1) is 27.4. The summed E-state index contributed by atoms with van der Waals surface area (Å²) in [5.41, 5.74) is 2.36. The second-order valence-electron chi connectivity index (χ2n) is 15.1. The van der Waals surface area contributed by atoms with E-state index >= 15 is 0 Å². The molecule has 6 aliphatic rings. The molecule has 0 spiro atoms. The molecule has 2 atom stereocenters. The molecular weight excluding hydrogens is 769 g/mol. The minimum Gasteiger partial charge on any atom is -0.542 e. The normalized spacial score (nSPS) is 23.6. The SMILES string of the molecule is C[C@H](NC(=O)OCc1ccccc1)C(=O)O.C[C@H](NC(=O)OCc1ccccc1)C(=O)OCC12CC[NH+](CC1)CC2.O=C([O-])C(F)(F)F.[OH2+]CC12CCN(CC1)CC2. The van der Waals surface area contributed by atoms with Crippen LogP contribution in [0.15, 0.2) is 60.7 Å². The van der Waals surface area contributed by atoms with E-state index in [0.717, 1.165) is 30.4 Å². The largest absolute Gasteiger partial charge is 0.542 e. The fraction of sp³-hybridized carbons (Fsp3) is 0.575. The summed E-state index contributed by atoms with van der Waals surface area (Å²) in [6.45, 7) is 11.7. The van der Waals surface area contributed by atoms with Gasteiger partial charge in [-0.25, -0.2) is 14.4 Å². The molecular formula is C40H56F3N4O11+. The van der Waals surface area contributed by atoms with Gasteiger partial charge in [0.25, 0.3) is 0 Å². The third kappa shape index (κ3) is 16.5. The van der Waals surface area contributed by atoms with Crippen molar-refractivity contribution in [2.24, 2.45) is 10.8 Å². The van der Waals surface area contributed by atoms with E-state index in [1.165, 1.54) is 65.5 Å². The number of carboxylic acid groups (broad SMARTS) is 2. The number of nitrogens with zero attached hydrogens (tertiary/aromatic N) is 1. The Morgan fingerprint density at radius 2 is 1.17 bits per heavy atom. The summed E-state index contributed by atoms with van der Waals surface area (Å²) >= 11 is 0. The molecule has 0 saturated carbocycles. The lowest BCUT2D eigenvalue weighted by Gasteiger charge is -2.45. The van der Waals surface area contributed by atoms with Gasteiger partial charge in [-0.2, -0.15) is 13.2 Å². The number of amides is 2. The lowest BCUT2D eigenvalue weighted by atomic mass is 9.73. The highest BCUT2D eigenvalue weighted by atomic mass is 19.4. The Morgan fingerprint density at radius 3 is 1.53 bits per heavy atom. The minimum atomic E-state index is -5.19. The number of piperidine rings is 6. The maximum atomic E-state index is 12.2. The van der Waals surface area contributed by atoms with Crippen LogP contribution >= 0.6 is 0 Å². The molecule has 8 rings (SSSR count). The van der Waals surface area contributed by atoms with Crippen LogP contribution in [0.4, 0.5) is 22.8 Å². The van der Waals surface area contributed by atoms with Crippen LogP contribution in [0.2, 0.25) is 0 Å². The number of esters is 1. The average molecular weight is 826 g/mol. The van der Waals surface area contributed by atoms with Gasteiger partial charge < -0.3 is 54.8 Å². The van der Waals surface area contributed by atoms with Crippen LogP contribution in [0, 0.1) is 10.8 Å². The molecule has 6 N–H and O–H groups in total. The van der Waals surface area contributed by atoms with Gasteiger partial charge >= 0.3 is 30.3 Å². The average Bonchev–Trinajstić information content (AvgIpc) is 3.23. The first-order valence-corrected chi connectivity index (χ1v) is 19.3. The van der Waals surface area contributed by atoms with Crippen molar-refractivity contribution in [1.82, 2.24) is 15.5 Å². The van der Waals surface area contributed by atoms with Gasteiger partial charge in [-0.05, 0) is 63.9 Å². The van der Waals surface area contributed by atoms with Crippen LogP contribution in [0.1, 0.15) is 63.5 Å². The van der Waals surface area contributed by atoms with Crippen LogP contribution in [0.25, 0.3) is 0 Å². The monoisotopic (exact) mass is 825 g/mol. The quantitative estimate of drug-likeness (QED) is 0.146. The van der Waals surface area contributed by atoms with E-state index in [0.29, 0.717) is 18.6 Å². The molecule has 18 heteroatoms. The van der Waals surface area contributed by atoms with Crippen molar-refractivity contribution in [3.63, 3.8) is 0 Å². The number of hydrogen-bond acceptors (Lipinski definition) is 10. The molecule has 0 aliphatic carbocycles. The number of carbonyl (C=O) groups is 5. The number of quaternary nitrogens is 1. The van der Waals surface area contributed by atoms with Crippen molar-refractivity contribution in [2.45, 2.75) is 83.8 Å². The summed E-state index contributed by atoms with van der Waals surface area (Å²) in [7, 11) is 0. The summed E-state index contributed by atoms with van der Waals surface area (Å²) in [4.78, 5) is 58.5. The van der Waals surface area contributed by atoms with E-state index < -0.39 is 48.4 Å². The summed E-state index contributed by atoms with van der Waals surface area (Å²) in [5.74, 6) is -4.50. The zero-order valence-electron chi connectivity index (χ0n) is 32.9. The topological polar surface area (TPSA) is 211 Å². The highest BCUT2D eigenvalue weighted by Crippen LogP contribution is 2.39. The number of alkyl halides is 3. The molecule has 6 saturated heterocycles. The Kier molecular flexibility index (Phi) is 18.7. The van der Waals surface area contributed by atoms with E-state index in [1.54, 1.807) is 11.8 Å². The smallest absolute Gasteiger partial charge is 0.430 e. The highest BCUT2D eigenvalue weighted by molar-refractivity contribution is 5.81. The molecule has 0 radical (unpaired) electrons. The van der Waals surface area contributed by atoms with Gasteiger partial charge in [0.2, 0.25) is 0 Å². The predicted molar refractivity (Wildman–Crippen MR) is 201 cm³/mol. The van der Waals surface area contributed by atoms with Crippen molar-refractivity contribution in [1.29, 1.82) is 0 Å². The molecule has 2 amide bonds. The van der Waals surface area contributed by atoms with E-state index in [9.17, 15) is 32.3 Å². The molecule has 6 fully saturated rings. The number of halogens is 3. The van der Waals surface area contributed by atoms with Gasteiger partial charge in [-0.3, -0.25) is 4.79 Å². The second kappa shape index (κ2) is 22.9. The lowest BCUT2D eigenvalue weighted by Crippen LogP contribution is -3.15. The number of benzene rings is 2. The Bertz CT molecular complexity index is 1570. The van der Waals surface area contributed by atoms with Crippen LogP contribution in [0.3, 0.4) is 0 Å². The van der Waals surface area contributed by atoms with Crippen molar-refractivity contribution in [2.75, 3.05) is 52.5 Å². The highest BCUT2D eigenvalue weighted by Gasteiger charge is 2.43. The number of fused-ring (bicyclic) bond motifs is 6. The summed E-state index contributed by atoms with van der Waals surface area (Å²) < 4.78 is 47.0. The molecule has 6 aliphatic heterocycles. The Labute approximate surface area is 335 Å². The van der Waals surface area contributed by atoms with Crippen LogP contribution in [-0.4, -0.2) is 116 Å². The number of carboxylic acids is 2. The van der Waals surface area contributed by atoms with E-state index in [1.807, 2.05) is 60.7 Å². The Morgan fingerprint density at radius 1 is 0.759 bits per heavy atom. The zero-order valence-corrected chi connectivity index (χ0v) is 32.9. The van der Waals surface area contributed by atoms with Gasteiger partial charge in [-0.15, -0.1) is 0 Å². The third-order valence-electron chi connectivity index (χ3n) is 10.8. The van der Waals surface area contributed by atoms with E-state index in [2.05, 4.69) is 15.5 Å². The van der Waals surface area contributed by atoms with Crippen molar-refractivity contribution in [3.8, 4) is 0 Å². The zero-order chi connectivity index (χ0) is 42.8. The van der Waals surface area contributed by atoms with Gasteiger partial charge in [0.15, 0.2) is 0 Å². The van der Waals surface area contributed by atoms with Crippen LogP contribution in [-0.2, 0) is 41.8 Å². The molecule has 6 heterocycles. The lowest BCUT2D eigenvalue weighted by molar-refractivity contribution is -0.919. The standard InChI is InChI=1S/C19H26N2O4.C11H13NO4.C8H15NO.C2HF3O2/c1-15(20-18(23)24-13-16-5-3-2-4-6-16)17(22)25-14-19-7-10-21(11-8-19)12-9-19;1-8(10(13)14)12-11(15)16-7-9-5-3-2-4-6-9;10-7-8-1-4-9(5-2-8)6-3-8;3-2(4,5)1(6)7/h2-6,15H,7-14H2,1H3,(H,20,23);2-6,8H,7H2,1H3,(H,12,15)(H,13,14);10H,1-7H2;(H,6,7)/p+1/t15-;8-;;/m00../s1. The maximum absolute atomic E-state index is 12.2. The summed E-state index contributed by atoms with van der Waals surface area (Å²) in [6, 6.07) is 16.9. The van der Waals surface area contributed by atoms with Gasteiger partial charge in [0.1, 0.15) is 37.9 Å². The van der Waals surface area contributed by atoms with Gasteiger partial charge in [0, 0.05) is 30.1 Å². The number of carbonyl (C=O) groups excluding carboxylic acids is 4. The molecule has 0 unspecified atom stereocenters. The number of ether oxygens (including phenoxy) is 3. The summed E-state index contributed by atoms with van der Waals surface area (Å²) in [5, 5.41) is 29.5. The Hall–Kier alpha value is -4.94. The van der Waals surface area contributed by atoms with Crippen LogP contribution in [0.5, 0.6) is 0 Å². The number of aliphatic carboxylic acids is 2. The second-order valence-corrected chi connectivity index (χ2v) is 15.1. The molecule has 0 aromatic heterocycles. The maximum Gasteiger partial charge on any atom is 0.430 e. The Balaban J connectivity index is 0.000000232.